The highest BCUT2D eigenvalue weighted by molar-refractivity contribution is 5.96. The van der Waals surface area contributed by atoms with E-state index in [-0.39, 0.29) is 12.8 Å². The highest BCUT2D eigenvalue weighted by atomic mass is 16.4. The fraction of sp³-hybridized carbons (Fsp3) is 0.667. The molecule has 1 rings (SSSR count). The monoisotopic (exact) mass is 458 g/mol. The molecule has 14 heteroatoms. The molecule has 1 saturated heterocycles. The Hall–Kier alpha value is -3.26. The molecule has 0 saturated carbocycles. The average molecular weight is 458 g/mol. The molecule has 1 heterocycles. The van der Waals surface area contributed by atoms with E-state index in [2.05, 4.69) is 21.3 Å². The van der Waals surface area contributed by atoms with E-state index in [4.69, 9.17) is 11.5 Å². The summed E-state index contributed by atoms with van der Waals surface area (Å²) < 4.78 is 0. The molecule has 0 bridgehead atoms. The lowest BCUT2D eigenvalue weighted by Gasteiger charge is -2.26. The van der Waals surface area contributed by atoms with Crippen LogP contribution >= 0.6 is 0 Å². The average Bonchev–Trinajstić information content (AvgIpc) is 3.22. The van der Waals surface area contributed by atoms with E-state index in [0.717, 1.165) is 6.42 Å². The lowest BCUT2D eigenvalue weighted by Crippen LogP contribution is -2.60. The Balaban J connectivity index is 2.89. The molecule has 32 heavy (non-hydrogen) atoms. The van der Waals surface area contributed by atoms with Crippen LogP contribution in [0.2, 0.25) is 0 Å². The summed E-state index contributed by atoms with van der Waals surface area (Å²) in [4.78, 5) is 71.1. The largest absolute Gasteiger partial charge is 0.480 e. The molecule has 1 aliphatic heterocycles. The SMILES string of the molecule is CC(O)C(NC(=O)C1CCCN1)C(=O)NC(CC(N)=O)C(=O)NC(CCC(N)=O)C(=O)O. The number of carbonyl (C=O) groups is 6. The zero-order valence-corrected chi connectivity index (χ0v) is 17.6. The van der Waals surface area contributed by atoms with Gasteiger partial charge in [0.25, 0.3) is 0 Å². The van der Waals surface area contributed by atoms with Crippen molar-refractivity contribution in [2.75, 3.05) is 6.54 Å². The van der Waals surface area contributed by atoms with Gasteiger partial charge in [0, 0.05) is 6.42 Å². The maximum Gasteiger partial charge on any atom is 0.326 e. The fourth-order valence-electron chi connectivity index (χ4n) is 3.06. The van der Waals surface area contributed by atoms with Gasteiger partial charge in [-0.25, -0.2) is 4.79 Å². The number of aliphatic hydroxyl groups excluding tert-OH is 1. The third kappa shape index (κ3) is 8.85. The Morgan fingerprint density at radius 3 is 2.09 bits per heavy atom. The quantitative estimate of drug-likeness (QED) is 0.133. The van der Waals surface area contributed by atoms with Gasteiger partial charge in [0.05, 0.1) is 18.6 Å². The van der Waals surface area contributed by atoms with Crippen LogP contribution in [0.15, 0.2) is 0 Å². The Labute approximate surface area is 183 Å². The van der Waals surface area contributed by atoms with Gasteiger partial charge in [0.2, 0.25) is 29.5 Å². The van der Waals surface area contributed by atoms with Crippen molar-refractivity contribution in [2.24, 2.45) is 11.5 Å². The third-order valence-electron chi connectivity index (χ3n) is 4.77. The van der Waals surface area contributed by atoms with Crippen LogP contribution in [0.5, 0.6) is 0 Å². The molecule has 5 unspecified atom stereocenters. The molecule has 0 aliphatic carbocycles. The number of nitrogens with one attached hydrogen (secondary N) is 4. The molecule has 0 aromatic carbocycles. The summed E-state index contributed by atoms with van der Waals surface area (Å²) >= 11 is 0. The first-order valence-corrected chi connectivity index (χ1v) is 10.0. The van der Waals surface area contributed by atoms with Crippen molar-refractivity contribution in [3.8, 4) is 0 Å². The molecular weight excluding hydrogens is 428 g/mol. The minimum absolute atomic E-state index is 0.311. The van der Waals surface area contributed by atoms with Crippen LogP contribution in [0, 0.1) is 0 Å². The van der Waals surface area contributed by atoms with Crippen molar-refractivity contribution in [3.63, 3.8) is 0 Å². The van der Waals surface area contributed by atoms with E-state index in [1.165, 1.54) is 6.92 Å². The summed E-state index contributed by atoms with van der Waals surface area (Å²) in [6, 6.07) is -5.07. The van der Waals surface area contributed by atoms with Gasteiger partial charge in [-0.3, -0.25) is 24.0 Å². The van der Waals surface area contributed by atoms with Crippen LogP contribution in [-0.4, -0.2) is 82.5 Å². The summed E-state index contributed by atoms with van der Waals surface area (Å²) in [5.41, 5.74) is 10.1. The molecule has 1 aliphatic rings. The Morgan fingerprint density at radius 2 is 1.62 bits per heavy atom. The standard InChI is InChI=1S/C18H30N6O8/c1-8(25)14(24-15(28)9-3-2-6-21-9)17(30)23-11(7-13(20)27)16(29)22-10(18(31)32)4-5-12(19)26/h8-11,14,21,25H,2-7H2,1H3,(H2,19,26)(H2,20,27)(H,22,29)(H,23,30)(H,24,28)(H,31,32). The van der Waals surface area contributed by atoms with Gasteiger partial charge in [-0.15, -0.1) is 0 Å². The first-order chi connectivity index (χ1) is 14.9. The lowest BCUT2D eigenvalue weighted by atomic mass is 10.1. The number of primary amides is 2. The second kappa shape index (κ2) is 12.6. The number of carboxylic acids is 1. The first-order valence-electron chi connectivity index (χ1n) is 10.0. The number of aliphatic hydroxyl groups is 1. The maximum absolute atomic E-state index is 12.7. The van der Waals surface area contributed by atoms with Crippen molar-refractivity contribution >= 4 is 35.5 Å². The summed E-state index contributed by atoms with van der Waals surface area (Å²) in [5.74, 6) is -5.75. The second-order valence-electron chi connectivity index (χ2n) is 7.51. The smallest absolute Gasteiger partial charge is 0.326 e. The highest BCUT2D eigenvalue weighted by Crippen LogP contribution is 2.07. The number of hydrogen-bond donors (Lipinski definition) is 8. The van der Waals surface area contributed by atoms with Gasteiger partial charge in [0.1, 0.15) is 18.1 Å². The normalized spacial score (nSPS) is 19.1. The summed E-state index contributed by atoms with van der Waals surface area (Å²) in [5, 5.41) is 28.8. The number of carbonyl (C=O) groups excluding carboxylic acids is 5. The van der Waals surface area contributed by atoms with Crippen molar-refractivity contribution in [3.05, 3.63) is 0 Å². The Morgan fingerprint density at radius 1 is 1.00 bits per heavy atom. The predicted octanol–water partition coefficient (Wildman–Crippen LogP) is -4.20. The van der Waals surface area contributed by atoms with Crippen LogP contribution in [0.25, 0.3) is 0 Å². The van der Waals surface area contributed by atoms with Gasteiger partial charge in [0.15, 0.2) is 0 Å². The number of nitrogens with two attached hydrogens (primary N) is 2. The van der Waals surface area contributed by atoms with Crippen LogP contribution in [0.3, 0.4) is 0 Å². The minimum Gasteiger partial charge on any atom is -0.480 e. The lowest BCUT2D eigenvalue weighted by molar-refractivity contribution is -0.143. The highest BCUT2D eigenvalue weighted by Gasteiger charge is 2.34. The molecule has 5 atom stereocenters. The number of hydrogen-bond acceptors (Lipinski definition) is 8. The van der Waals surface area contributed by atoms with Crippen LogP contribution < -0.4 is 32.7 Å². The van der Waals surface area contributed by atoms with E-state index in [9.17, 15) is 39.0 Å². The van der Waals surface area contributed by atoms with Crippen LogP contribution in [0.1, 0.15) is 39.0 Å². The third-order valence-corrected chi connectivity index (χ3v) is 4.77. The molecule has 10 N–H and O–H groups in total. The molecule has 1 fully saturated rings. The molecule has 180 valence electrons. The number of carboxylic acid groups (broad SMARTS) is 1. The Bertz CT molecular complexity index is 737. The molecule has 0 radical (unpaired) electrons. The maximum atomic E-state index is 12.7. The topological polar surface area (TPSA) is 243 Å². The van der Waals surface area contributed by atoms with E-state index in [1.54, 1.807) is 0 Å². The Kier molecular flexibility index (Phi) is 10.5. The van der Waals surface area contributed by atoms with E-state index >= 15 is 0 Å². The number of aliphatic carboxylic acids is 1. The summed E-state index contributed by atoms with van der Waals surface area (Å²) in [6.45, 7) is 1.88. The van der Waals surface area contributed by atoms with E-state index in [1.807, 2.05) is 0 Å². The minimum atomic E-state index is -1.59. The summed E-state index contributed by atoms with van der Waals surface area (Å²) in [6.07, 6.45) is -1.34. The molecule has 5 amide bonds. The molecular formula is C18H30N6O8. The molecule has 0 aromatic rings. The van der Waals surface area contributed by atoms with Gasteiger partial charge in [-0.2, -0.15) is 0 Å². The molecule has 0 spiro atoms. The van der Waals surface area contributed by atoms with E-state index in [0.29, 0.717) is 13.0 Å². The zero-order valence-electron chi connectivity index (χ0n) is 17.6. The van der Waals surface area contributed by atoms with Gasteiger partial charge in [-0.05, 0) is 32.7 Å². The fourth-order valence-corrected chi connectivity index (χ4v) is 3.06. The van der Waals surface area contributed by atoms with Gasteiger partial charge >= 0.3 is 5.97 Å². The number of rotatable bonds is 13. The van der Waals surface area contributed by atoms with Gasteiger partial charge < -0.3 is 42.9 Å². The van der Waals surface area contributed by atoms with E-state index < -0.39 is 72.2 Å². The van der Waals surface area contributed by atoms with Crippen LogP contribution in [0.4, 0.5) is 0 Å². The molecule has 0 aromatic heterocycles. The number of amides is 5. The second-order valence-corrected chi connectivity index (χ2v) is 7.51. The summed E-state index contributed by atoms with van der Waals surface area (Å²) in [7, 11) is 0. The zero-order chi connectivity index (χ0) is 24.4. The first kappa shape index (κ1) is 26.8. The van der Waals surface area contributed by atoms with Crippen molar-refractivity contribution < 1.29 is 39.0 Å². The van der Waals surface area contributed by atoms with Crippen LogP contribution in [-0.2, 0) is 28.8 Å². The van der Waals surface area contributed by atoms with Crippen molar-refractivity contribution in [1.29, 1.82) is 0 Å². The van der Waals surface area contributed by atoms with Crippen molar-refractivity contribution in [1.82, 2.24) is 21.3 Å². The molecule has 14 nitrogen and oxygen atoms in total. The predicted molar refractivity (Wildman–Crippen MR) is 108 cm³/mol. The van der Waals surface area contributed by atoms with Crippen molar-refractivity contribution in [2.45, 2.75) is 69.3 Å². The van der Waals surface area contributed by atoms with Gasteiger partial charge in [-0.1, -0.05) is 0 Å².